The van der Waals surface area contributed by atoms with Crippen molar-refractivity contribution in [2.45, 2.75) is 24.8 Å². The summed E-state index contributed by atoms with van der Waals surface area (Å²) in [6.45, 7) is 3.83. The third-order valence-electron chi connectivity index (χ3n) is 4.09. The molecule has 0 fully saturated rings. The Morgan fingerprint density at radius 2 is 2.00 bits per heavy atom. The van der Waals surface area contributed by atoms with Gasteiger partial charge in [0.2, 0.25) is 5.16 Å². The normalized spacial score (nSPS) is 12.3. The average molecular weight is 360 g/mol. The van der Waals surface area contributed by atoms with Crippen LogP contribution in [0.4, 0.5) is 0 Å². The summed E-state index contributed by atoms with van der Waals surface area (Å²) in [5, 5.41) is 0.295. The Morgan fingerprint density at radius 3 is 2.68 bits per heavy atom. The Bertz CT molecular complexity index is 968. The number of benzene rings is 1. The summed E-state index contributed by atoms with van der Waals surface area (Å²) >= 11 is 0. The Hall–Kier alpha value is -2.61. The second-order valence-electron chi connectivity index (χ2n) is 5.66. The second kappa shape index (κ2) is 6.72. The number of nitrogens with two attached hydrogens (primary N) is 1. The zero-order chi connectivity index (χ0) is 18.1. The number of pyridine rings is 1. The maximum atomic E-state index is 12.8. The molecule has 2 N–H and O–H groups in total. The van der Waals surface area contributed by atoms with Gasteiger partial charge < -0.3 is 15.3 Å². The highest BCUT2D eigenvalue weighted by Gasteiger charge is 2.19. The van der Waals surface area contributed by atoms with E-state index >= 15 is 0 Å². The number of fused-ring (bicyclic) bond motifs is 1. The molecule has 3 rings (SSSR count). The van der Waals surface area contributed by atoms with Gasteiger partial charge in [0.25, 0.3) is 0 Å². The van der Waals surface area contributed by atoms with E-state index in [0.717, 1.165) is 16.9 Å². The number of nitrogens with zero attached hydrogens (tertiary/aromatic N) is 3. The molecule has 1 aromatic carbocycles. The van der Waals surface area contributed by atoms with Gasteiger partial charge in [-0.25, -0.2) is 9.66 Å². The van der Waals surface area contributed by atoms with Crippen molar-refractivity contribution in [3.8, 4) is 11.5 Å². The zero-order valence-electron chi connectivity index (χ0n) is 14.6. The lowest BCUT2D eigenvalue weighted by atomic mass is 10.1. The number of hydrogen-bond donors (Lipinski definition) is 1. The topological polar surface area (TPSA) is 92.3 Å². The van der Waals surface area contributed by atoms with Gasteiger partial charge in [0.15, 0.2) is 0 Å². The smallest absolute Gasteiger partial charge is 0.219 e. The summed E-state index contributed by atoms with van der Waals surface area (Å²) in [4.78, 5) is 8.80. The maximum absolute atomic E-state index is 12.8. The molecule has 0 aliphatic carbocycles. The molecular formula is C17H20N4O3S. The molecule has 8 heteroatoms. The molecular weight excluding hydrogens is 340 g/mol. The molecule has 1 unspecified atom stereocenters. The Labute approximate surface area is 148 Å². The standard InChI is InChI=1S/C17H20N4O3S/c1-10-8-19-14(11(2)16(10)24-4)9-25(22)17-20-13-7-12(23-3)5-6-15(13)21(17)18/h5-8H,9,18H2,1-4H3. The van der Waals surface area contributed by atoms with E-state index in [1.165, 1.54) is 4.68 Å². The lowest BCUT2D eigenvalue weighted by Gasteiger charge is -2.11. The molecule has 2 heterocycles. The van der Waals surface area contributed by atoms with Crippen LogP contribution in [0.3, 0.4) is 0 Å². The molecule has 0 aliphatic heterocycles. The Kier molecular flexibility index (Phi) is 4.63. The summed E-state index contributed by atoms with van der Waals surface area (Å²) in [6, 6.07) is 5.34. The summed E-state index contributed by atoms with van der Waals surface area (Å²) in [5.41, 5.74) is 3.84. The zero-order valence-corrected chi connectivity index (χ0v) is 15.4. The molecule has 25 heavy (non-hydrogen) atoms. The number of aromatic nitrogens is 3. The molecule has 132 valence electrons. The number of aryl methyl sites for hydroxylation is 1. The minimum Gasteiger partial charge on any atom is -0.497 e. The van der Waals surface area contributed by atoms with Crippen LogP contribution in [0.25, 0.3) is 11.0 Å². The van der Waals surface area contributed by atoms with E-state index in [1.807, 2.05) is 13.8 Å². The predicted molar refractivity (Wildman–Crippen MR) is 96.8 cm³/mol. The number of nitrogen functional groups attached to an aromatic ring is 1. The van der Waals surface area contributed by atoms with Gasteiger partial charge in [0.05, 0.1) is 47.5 Å². The number of hydrogen-bond acceptors (Lipinski definition) is 6. The van der Waals surface area contributed by atoms with Crippen LogP contribution in [0, 0.1) is 13.8 Å². The van der Waals surface area contributed by atoms with Crippen molar-refractivity contribution in [3.05, 3.63) is 41.2 Å². The van der Waals surface area contributed by atoms with Crippen LogP contribution in [0.5, 0.6) is 11.5 Å². The van der Waals surface area contributed by atoms with Crippen LogP contribution in [-0.2, 0) is 16.6 Å². The molecule has 0 saturated heterocycles. The van der Waals surface area contributed by atoms with E-state index < -0.39 is 10.8 Å². The van der Waals surface area contributed by atoms with Crippen LogP contribution in [0.1, 0.15) is 16.8 Å². The molecule has 7 nitrogen and oxygen atoms in total. The number of rotatable bonds is 5. The Morgan fingerprint density at radius 1 is 1.24 bits per heavy atom. The van der Waals surface area contributed by atoms with Crippen LogP contribution in [0.15, 0.2) is 29.6 Å². The lowest BCUT2D eigenvalue weighted by Crippen LogP contribution is -2.15. The molecule has 3 aromatic rings. The third kappa shape index (κ3) is 3.05. The van der Waals surface area contributed by atoms with Crippen molar-refractivity contribution < 1.29 is 13.7 Å². The van der Waals surface area contributed by atoms with Crippen molar-refractivity contribution >= 4 is 21.8 Å². The van der Waals surface area contributed by atoms with Crippen LogP contribution < -0.4 is 15.3 Å². The van der Waals surface area contributed by atoms with E-state index in [9.17, 15) is 4.21 Å². The number of methoxy groups -OCH3 is 2. The highest BCUT2D eigenvalue weighted by Crippen LogP contribution is 2.26. The Balaban J connectivity index is 1.97. The molecule has 0 radical (unpaired) electrons. The van der Waals surface area contributed by atoms with Crippen molar-refractivity contribution in [2.24, 2.45) is 0 Å². The average Bonchev–Trinajstić information content (AvgIpc) is 2.94. The fourth-order valence-corrected chi connectivity index (χ4v) is 3.94. The van der Waals surface area contributed by atoms with E-state index in [0.29, 0.717) is 27.6 Å². The van der Waals surface area contributed by atoms with Crippen LogP contribution >= 0.6 is 0 Å². The summed E-state index contributed by atoms with van der Waals surface area (Å²) in [6.07, 6.45) is 1.72. The molecule has 0 amide bonds. The molecule has 2 aromatic heterocycles. The van der Waals surface area contributed by atoms with Crippen LogP contribution in [-0.4, -0.2) is 33.1 Å². The van der Waals surface area contributed by atoms with Crippen molar-refractivity contribution in [1.29, 1.82) is 0 Å². The van der Waals surface area contributed by atoms with Gasteiger partial charge in [-0.3, -0.25) is 9.19 Å². The summed E-state index contributed by atoms with van der Waals surface area (Å²) in [7, 11) is 1.75. The largest absolute Gasteiger partial charge is 0.497 e. The molecule has 0 spiro atoms. The van der Waals surface area contributed by atoms with Gasteiger partial charge in [0, 0.05) is 23.4 Å². The van der Waals surface area contributed by atoms with Gasteiger partial charge in [-0.05, 0) is 26.0 Å². The van der Waals surface area contributed by atoms with Crippen LogP contribution in [0.2, 0.25) is 0 Å². The van der Waals surface area contributed by atoms with Gasteiger partial charge in [0.1, 0.15) is 11.5 Å². The number of ether oxygens (including phenoxy) is 2. The van der Waals surface area contributed by atoms with Crippen molar-refractivity contribution in [3.63, 3.8) is 0 Å². The van der Waals surface area contributed by atoms with E-state index in [2.05, 4.69) is 9.97 Å². The summed E-state index contributed by atoms with van der Waals surface area (Å²) < 4.78 is 24.8. The quantitative estimate of drug-likeness (QED) is 0.701. The molecule has 1 atom stereocenters. The van der Waals surface area contributed by atoms with Gasteiger partial charge in [-0.2, -0.15) is 0 Å². The van der Waals surface area contributed by atoms with Gasteiger partial charge in [-0.15, -0.1) is 0 Å². The fourth-order valence-electron chi connectivity index (χ4n) is 2.75. The minimum atomic E-state index is -1.45. The summed E-state index contributed by atoms with van der Waals surface area (Å²) in [5.74, 6) is 7.71. The predicted octanol–water partition coefficient (Wildman–Crippen LogP) is 2.09. The molecule has 0 aliphatic rings. The first-order valence-corrected chi connectivity index (χ1v) is 8.97. The maximum Gasteiger partial charge on any atom is 0.219 e. The number of imidazole rings is 1. The highest BCUT2D eigenvalue weighted by atomic mass is 32.2. The van der Waals surface area contributed by atoms with E-state index in [-0.39, 0.29) is 5.75 Å². The van der Waals surface area contributed by atoms with Crippen molar-refractivity contribution in [2.75, 3.05) is 20.1 Å². The SMILES string of the molecule is COc1ccc2c(c1)nc(S(=O)Cc1ncc(C)c(OC)c1C)n2N. The first kappa shape index (κ1) is 17.2. The van der Waals surface area contributed by atoms with E-state index in [1.54, 1.807) is 38.6 Å². The van der Waals surface area contributed by atoms with Crippen molar-refractivity contribution in [1.82, 2.24) is 14.6 Å². The fraction of sp³-hybridized carbons (Fsp3) is 0.294. The first-order valence-electron chi connectivity index (χ1n) is 7.65. The first-order chi connectivity index (χ1) is 12.0. The van der Waals surface area contributed by atoms with Gasteiger partial charge >= 0.3 is 0 Å². The monoisotopic (exact) mass is 360 g/mol. The van der Waals surface area contributed by atoms with E-state index in [4.69, 9.17) is 15.3 Å². The minimum absolute atomic E-state index is 0.208. The highest BCUT2D eigenvalue weighted by molar-refractivity contribution is 7.84. The third-order valence-corrected chi connectivity index (χ3v) is 5.32. The second-order valence-corrected chi connectivity index (χ2v) is 7.00. The lowest BCUT2D eigenvalue weighted by molar-refractivity contribution is 0.407. The molecule has 0 bridgehead atoms. The van der Waals surface area contributed by atoms with Gasteiger partial charge in [-0.1, -0.05) is 0 Å². The molecule has 0 saturated carbocycles.